The monoisotopic (exact) mass is 310 g/mol. The molecule has 0 spiro atoms. The number of carbonyl (C=O) groups excluding carboxylic acids is 3. The zero-order valence-corrected chi connectivity index (χ0v) is 13.1. The molecule has 0 aromatic heterocycles. The van der Waals surface area contributed by atoms with E-state index in [0.29, 0.717) is 13.2 Å². The molecule has 0 bridgehead atoms. The Bertz CT molecular complexity index is 518. The molecule has 0 radical (unpaired) electrons. The predicted octanol–water partition coefficient (Wildman–Crippen LogP) is -0.310. The number of morpholine rings is 1. The predicted molar refractivity (Wildman–Crippen MR) is 75.7 cm³/mol. The molecule has 122 valence electrons. The van der Waals surface area contributed by atoms with E-state index in [9.17, 15) is 14.4 Å². The molecule has 0 aromatic carbocycles. The highest BCUT2D eigenvalue weighted by molar-refractivity contribution is 5.95. The summed E-state index contributed by atoms with van der Waals surface area (Å²) < 4.78 is 10.3. The molecule has 2 amide bonds. The van der Waals surface area contributed by atoms with E-state index in [1.807, 2.05) is 13.8 Å². The summed E-state index contributed by atoms with van der Waals surface area (Å²) in [5.74, 6) is -0.280. The van der Waals surface area contributed by atoms with Gasteiger partial charge in [-0.2, -0.15) is 0 Å². The van der Waals surface area contributed by atoms with Crippen molar-refractivity contribution in [3.63, 3.8) is 0 Å². The summed E-state index contributed by atoms with van der Waals surface area (Å²) in [6.45, 7) is 4.56. The summed E-state index contributed by atoms with van der Waals surface area (Å²) in [4.78, 5) is 37.7. The van der Waals surface area contributed by atoms with Gasteiger partial charge in [-0.05, 0) is 20.3 Å². The van der Waals surface area contributed by atoms with Gasteiger partial charge in [-0.25, -0.2) is 0 Å². The molecule has 3 rings (SSSR count). The van der Waals surface area contributed by atoms with Crippen molar-refractivity contribution in [3.8, 4) is 0 Å². The number of carbonyl (C=O) groups is 3. The lowest BCUT2D eigenvalue weighted by atomic mass is 9.97. The van der Waals surface area contributed by atoms with Gasteiger partial charge in [0, 0.05) is 18.4 Å². The third-order valence-electron chi connectivity index (χ3n) is 4.85. The van der Waals surface area contributed by atoms with Gasteiger partial charge in [-0.1, -0.05) is 0 Å². The average molecular weight is 310 g/mol. The third kappa shape index (κ3) is 2.58. The van der Waals surface area contributed by atoms with Gasteiger partial charge < -0.3 is 19.7 Å². The molecular weight excluding hydrogens is 288 g/mol. The lowest BCUT2D eigenvalue weighted by Crippen LogP contribution is -2.62. The van der Waals surface area contributed by atoms with Crippen LogP contribution < -0.4 is 5.32 Å². The molecule has 3 fully saturated rings. The first-order valence-corrected chi connectivity index (χ1v) is 7.64. The first-order valence-electron chi connectivity index (χ1n) is 7.64. The Kier molecular flexibility index (Phi) is 3.63. The summed E-state index contributed by atoms with van der Waals surface area (Å²) in [7, 11) is 1.33. The van der Waals surface area contributed by atoms with E-state index in [-0.39, 0.29) is 42.1 Å². The van der Waals surface area contributed by atoms with Crippen molar-refractivity contribution >= 4 is 17.8 Å². The highest BCUT2D eigenvalue weighted by Gasteiger charge is 2.58. The van der Waals surface area contributed by atoms with Gasteiger partial charge in [0.15, 0.2) is 0 Å². The van der Waals surface area contributed by atoms with Crippen LogP contribution in [-0.2, 0) is 23.9 Å². The largest absolute Gasteiger partial charge is 0.469 e. The zero-order valence-electron chi connectivity index (χ0n) is 13.1. The van der Waals surface area contributed by atoms with Crippen LogP contribution in [0, 0.1) is 11.8 Å². The number of amides is 2. The maximum absolute atomic E-state index is 12.8. The third-order valence-corrected chi connectivity index (χ3v) is 4.85. The van der Waals surface area contributed by atoms with E-state index in [1.54, 1.807) is 4.90 Å². The fourth-order valence-electron chi connectivity index (χ4n) is 3.35. The fraction of sp³-hybridized carbons (Fsp3) is 0.800. The van der Waals surface area contributed by atoms with E-state index in [4.69, 9.17) is 4.74 Å². The summed E-state index contributed by atoms with van der Waals surface area (Å²) >= 11 is 0. The highest BCUT2D eigenvalue weighted by atomic mass is 16.5. The topological polar surface area (TPSA) is 84.9 Å². The van der Waals surface area contributed by atoms with Crippen molar-refractivity contribution < 1.29 is 23.9 Å². The molecule has 0 aromatic rings. The second-order valence-electron chi connectivity index (χ2n) is 6.97. The molecule has 2 aliphatic heterocycles. The van der Waals surface area contributed by atoms with Crippen molar-refractivity contribution in [2.45, 2.75) is 44.4 Å². The molecular formula is C15H22N2O5. The minimum absolute atomic E-state index is 0.0134. The highest BCUT2D eigenvalue weighted by Crippen LogP contribution is 2.46. The number of piperidine rings is 1. The van der Waals surface area contributed by atoms with Crippen molar-refractivity contribution in [1.29, 1.82) is 0 Å². The number of hydrogen-bond donors (Lipinski definition) is 1. The van der Waals surface area contributed by atoms with E-state index in [0.717, 1.165) is 6.42 Å². The Morgan fingerprint density at radius 1 is 1.45 bits per heavy atom. The molecule has 2 heterocycles. The van der Waals surface area contributed by atoms with Gasteiger partial charge in [0.2, 0.25) is 11.8 Å². The molecule has 4 atom stereocenters. The second-order valence-corrected chi connectivity index (χ2v) is 6.97. The average Bonchev–Trinajstić information content (AvgIpc) is 3.20. The van der Waals surface area contributed by atoms with Gasteiger partial charge in [-0.15, -0.1) is 0 Å². The Labute approximate surface area is 129 Å². The maximum atomic E-state index is 12.8. The number of ether oxygens (including phenoxy) is 2. The van der Waals surface area contributed by atoms with Crippen LogP contribution in [0.4, 0.5) is 0 Å². The van der Waals surface area contributed by atoms with Crippen LogP contribution in [0.5, 0.6) is 0 Å². The summed E-state index contributed by atoms with van der Waals surface area (Å²) in [6, 6.07) is -0.423. The molecule has 1 N–H and O–H groups in total. The summed E-state index contributed by atoms with van der Waals surface area (Å²) in [6.07, 6.45) is 0.564. The number of methoxy groups -OCH3 is 1. The Hall–Kier alpha value is -1.63. The quantitative estimate of drug-likeness (QED) is 0.723. The number of esters is 1. The SMILES string of the molecule is COC(=O)CC1CN(C(=O)[C@@H]2NC(=O)[C@@H]3C[C@@H]32)C(C)(C)CO1. The van der Waals surface area contributed by atoms with Gasteiger partial charge in [0.25, 0.3) is 0 Å². The van der Waals surface area contributed by atoms with E-state index in [1.165, 1.54) is 7.11 Å². The lowest BCUT2D eigenvalue weighted by Gasteiger charge is -2.46. The van der Waals surface area contributed by atoms with Gasteiger partial charge in [0.05, 0.1) is 31.8 Å². The lowest BCUT2D eigenvalue weighted by molar-refractivity contribution is -0.163. The van der Waals surface area contributed by atoms with Crippen molar-refractivity contribution in [3.05, 3.63) is 0 Å². The molecule has 3 aliphatic rings. The van der Waals surface area contributed by atoms with Crippen LogP contribution in [0.3, 0.4) is 0 Å². The molecule has 1 saturated carbocycles. The van der Waals surface area contributed by atoms with E-state index >= 15 is 0 Å². The number of hydrogen-bond acceptors (Lipinski definition) is 5. The van der Waals surface area contributed by atoms with Crippen molar-refractivity contribution in [1.82, 2.24) is 10.2 Å². The molecule has 22 heavy (non-hydrogen) atoms. The molecule has 1 unspecified atom stereocenters. The zero-order chi connectivity index (χ0) is 16.1. The van der Waals surface area contributed by atoms with Crippen molar-refractivity contribution in [2.24, 2.45) is 11.8 Å². The van der Waals surface area contributed by atoms with Gasteiger partial charge >= 0.3 is 5.97 Å². The Morgan fingerprint density at radius 2 is 2.18 bits per heavy atom. The first kappa shape index (κ1) is 15.3. The smallest absolute Gasteiger partial charge is 0.308 e. The van der Waals surface area contributed by atoms with Crippen LogP contribution in [0.25, 0.3) is 0 Å². The second kappa shape index (κ2) is 5.22. The standard InChI is InChI=1S/C15H22N2O5/c1-15(2)7-22-8(4-11(18)21-3)6-17(15)14(20)12-9-5-10(9)13(19)16-12/h8-10,12H,4-7H2,1-3H3,(H,16,19)/t8?,9-,10+,12+/m0/s1. The van der Waals surface area contributed by atoms with Crippen molar-refractivity contribution in [2.75, 3.05) is 20.3 Å². The first-order chi connectivity index (χ1) is 10.3. The van der Waals surface area contributed by atoms with Crippen LogP contribution in [0.2, 0.25) is 0 Å². The number of nitrogens with one attached hydrogen (secondary N) is 1. The summed E-state index contributed by atoms with van der Waals surface area (Å²) in [5.41, 5.74) is -0.457. The number of nitrogens with zero attached hydrogens (tertiary/aromatic N) is 1. The van der Waals surface area contributed by atoms with Crippen LogP contribution >= 0.6 is 0 Å². The fourth-order valence-corrected chi connectivity index (χ4v) is 3.35. The van der Waals surface area contributed by atoms with Crippen LogP contribution in [-0.4, -0.2) is 60.6 Å². The molecule has 7 heteroatoms. The van der Waals surface area contributed by atoms with Crippen LogP contribution in [0.1, 0.15) is 26.7 Å². The van der Waals surface area contributed by atoms with Gasteiger partial charge in [0.1, 0.15) is 6.04 Å². The summed E-state index contributed by atoms with van der Waals surface area (Å²) in [5, 5.41) is 2.79. The maximum Gasteiger partial charge on any atom is 0.308 e. The molecule has 1 aliphatic carbocycles. The number of rotatable bonds is 3. The minimum Gasteiger partial charge on any atom is -0.469 e. The van der Waals surface area contributed by atoms with Crippen LogP contribution in [0.15, 0.2) is 0 Å². The molecule has 2 saturated heterocycles. The van der Waals surface area contributed by atoms with E-state index in [2.05, 4.69) is 10.1 Å². The normalized spacial score (nSPS) is 35.6. The molecule has 7 nitrogen and oxygen atoms in total. The number of fused-ring (bicyclic) bond motifs is 1. The van der Waals surface area contributed by atoms with E-state index < -0.39 is 11.6 Å². The Morgan fingerprint density at radius 3 is 2.73 bits per heavy atom. The Balaban J connectivity index is 1.70. The van der Waals surface area contributed by atoms with Gasteiger partial charge in [-0.3, -0.25) is 14.4 Å². The minimum atomic E-state index is -0.457.